The van der Waals surface area contributed by atoms with Gasteiger partial charge in [0.2, 0.25) is 5.91 Å². The molecule has 2 aliphatic rings. The number of benzene rings is 1. The summed E-state index contributed by atoms with van der Waals surface area (Å²) in [4.78, 5) is 13.3. The lowest BCUT2D eigenvalue weighted by Crippen LogP contribution is -2.33. The van der Waals surface area contributed by atoms with Gasteiger partial charge in [-0.1, -0.05) is 12.1 Å². The molecule has 1 saturated heterocycles. The highest BCUT2D eigenvalue weighted by atomic mass is 19.1. The molecule has 3 rings (SSSR count). The molecule has 0 unspecified atom stereocenters. The van der Waals surface area contributed by atoms with Gasteiger partial charge in [-0.3, -0.25) is 9.69 Å². The van der Waals surface area contributed by atoms with Gasteiger partial charge in [-0.2, -0.15) is 0 Å². The highest BCUT2D eigenvalue weighted by Gasteiger charge is 2.34. The third-order valence-corrected chi connectivity index (χ3v) is 4.68. The molecular weight excluding hydrogens is 255 g/mol. The SMILES string of the molecule is NC(=O)C1CC(c2ccc(CN3CCCC3)c(F)c2)C1. The molecule has 1 aliphatic carbocycles. The predicted molar refractivity (Wildman–Crippen MR) is 75.6 cm³/mol. The molecule has 0 bridgehead atoms. The van der Waals surface area contributed by atoms with Crippen molar-refractivity contribution >= 4 is 5.91 Å². The Balaban J connectivity index is 1.64. The summed E-state index contributed by atoms with van der Waals surface area (Å²) < 4.78 is 14.2. The standard InChI is InChI=1S/C16H21FN2O/c17-15-9-11(13-7-14(8-13)16(18)20)3-4-12(15)10-19-5-1-2-6-19/h3-4,9,13-14H,1-2,5-8,10H2,(H2,18,20). The van der Waals surface area contributed by atoms with E-state index >= 15 is 0 Å². The minimum absolute atomic E-state index is 0.0210. The molecule has 20 heavy (non-hydrogen) atoms. The summed E-state index contributed by atoms with van der Waals surface area (Å²) in [5.74, 6) is -0.0699. The lowest BCUT2D eigenvalue weighted by molar-refractivity contribution is -0.124. The van der Waals surface area contributed by atoms with Crippen LogP contribution in [0.25, 0.3) is 0 Å². The molecule has 1 aliphatic heterocycles. The van der Waals surface area contributed by atoms with E-state index in [-0.39, 0.29) is 17.6 Å². The number of nitrogens with two attached hydrogens (primary N) is 1. The van der Waals surface area contributed by atoms with Crippen molar-refractivity contribution < 1.29 is 9.18 Å². The van der Waals surface area contributed by atoms with Gasteiger partial charge in [0.05, 0.1) is 0 Å². The average molecular weight is 276 g/mol. The molecule has 0 radical (unpaired) electrons. The molecule has 1 saturated carbocycles. The molecule has 3 nitrogen and oxygen atoms in total. The van der Waals surface area contributed by atoms with Crippen molar-refractivity contribution in [2.45, 2.75) is 38.1 Å². The van der Waals surface area contributed by atoms with Crippen molar-refractivity contribution in [1.29, 1.82) is 0 Å². The van der Waals surface area contributed by atoms with Crippen molar-refractivity contribution in [1.82, 2.24) is 4.90 Å². The summed E-state index contributed by atoms with van der Waals surface area (Å²) in [6, 6.07) is 5.56. The van der Waals surface area contributed by atoms with E-state index in [4.69, 9.17) is 5.73 Å². The topological polar surface area (TPSA) is 46.3 Å². The van der Waals surface area contributed by atoms with Gasteiger partial charge in [0.15, 0.2) is 0 Å². The van der Waals surface area contributed by atoms with Crippen LogP contribution in [0, 0.1) is 11.7 Å². The summed E-state index contributed by atoms with van der Waals surface area (Å²) in [5.41, 5.74) is 7.05. The summed E-state index contributed by atoms with van der Waals surface area (Å²) in [6.45, 7) is 2.86. The van der Waals surface area contributed by atoms with Crippen LogP contribution < -0.4 is 5.73 Å². The molecule has 1 aromatic carbocycles. The number of hydrogen-bond acceptors (Lipinski definition) is 2. The zero-order valence-electron chi connectivity index (χ0n) is 11.6. The number of rotatable bonds is 4. The van der Waals surface area contributed by atoms with Crippen molar-refractivity contribution in [2.24, 2.45) is 11.7 Å². The second-order valence-corrected chi connectivity index (χ2v) is 6.10. The van der Waals surface area contributed by atoms with Crippen LogP contribution >= 0.6 is 0 Å². The average Bonchev–Trinajstić information content (AvgIpc) is 2.83. The first-order valence-corrected chi connectivity index (χ1v) is 7.43. The second-order valence-electron chi connectivity index (χ2n) is 6.10. The van der Waals surface area contributed by atoms with Crippen molar-refractivity contribution in [3.8, 4) is 0 Å². The third-order valence-electron chi connectivity index (χ3n) is 4.68. The largest absolute Gasteiger partial charge is 0.369 e. The minimum Gasteiger partial charge on any atom is -0.369 e. The van der Waals surface area contributed by atoms with E-state index in [9.17, 15) is 9.18 Å². The van der Waals surface area contributed by atoms with Gasteiger partial charge < -0.3 is 5.73 Å². The van der Waals surface area contributed by atoms with Crippen LogP contribution in [0.5, 0.6) is 0 Å². The van der Waals surface area contributed by atoms with E-state index < -0.39 is 0 Å². The molecule has 0 atom stereocenters. The molecule has 0 aromatic heterocycles. The number of amides is 1. The number of nitrogens with zero attached hydrogens (tertiary/aromatic N) is 1. The zero-order chi connectivity index (χ0) is 14.1. The van der Waals surface area contributed by atoms with Crippen molar-refractivity contribution in [3.05, 3.63) is 35.1 Å². The first kappa shape index (κ1) is 13.6. The molecular formula is C16H21FN2O. The lowest BCUT2D eigenvalue weighted by Gasteiger charge is -2.33. The summed E-state index contributed by atoms with van der Waals surface area (Å²) in [7, 11) is 0. The van der Waals surface area contributed by atoms with E-state index in [0.29, 0.717) is 12.5 Å². The van der Waals surface area contributed by atoms with Gasteiger partial charge in [0.25, 0.3) is 0 Å². The first-order valence-electron chi connectivity index (χ1n) is 7.43. The Morgan fingerprint density at radius 1 is 1.30 bits per heavy atom. The summed E-state index contributed by atoms with van der Waals surface area (Å²) >= 11 is 0. The molecule has 4 heteroatoms. The Kier molecular flexibility index (Phi) is 3.74. The van der Waals surface area contributed by atoms with Crippen LogP contribution in [0.1, 0.15) is 42.7 Å². The molecule has 2 N–H and O–H groups in total. The van der Waals surface area contributed by atoms with Crippen molar-refractivity contribution in [3.63, 3.8) is 0 Å². The molecule has 1 amide bonds. The number of primary amides is 1. The predicted octanol–water partition coefficient (Wildman–Crippen LogP) is 2.40. The van der Waals surface area contributed by atoms with Gasteiger partial charge in [0, 0.05) is 18.0 Å². The third kappa shape index (κ3) is 2.70. The first-order chi connectivity index (χ1) is 9.63. The molecule has 1 heterocycles. The van der Waals surface area contributed by atoms with Crippen LogP contribution in [-0.4, -0.2) is 23.9 Å². The number of halogens is 1. The van der Waals surface area contributed by atoms with Crippen LogP contribution in [0.2, 0.25) is 0 Å². The van der Waals surface area contributed by atoms with E-state index in [0.717, 1.165) is 37.1 Å². The quantitative estimate of drug-likeness (QED) is 0.918. The molecule has 1 aromatic rings. The zero-order valence-corrected chi connectivity index (χ0v) is 11.6. The van der Waals surface area contributed by atoms with Crippen LogP contribution in [0.15, 0.2) is 18.2 Å². The Hall–Kier alpha value is -1.42. The van der Waals surface area contributed by atoms with E-state index in [1.807, 2.05) is 12.1 Å². The maximum absolute atomic E-state index is 14.2. The Morgan fingerprint density at radius 2 is 2.00 bits per heavy atom. The van der Waals surface area contributed by atoms with E-state index in [1.165, 1.54) is 12.8 Å². The van der Waals surface area contributed by atoms with Crippen LogP contribution in [-0.2, 0) is 11.3 Å². The Bertz CT molecular complexity index is 505. The van der Waals surface area contributed by atoms with Gasteiger partial charge >= 0.3 is 0 Å². The van der Waals surface area contributed by atoms with E-state index in [2.05, 4.69) is 4.90 Å². The van der Waals surface area contributed by atoms with E-state index in [1.54, 1.807) is 6.07 Å². The maximum atomic E-state index is 14.2. The highest BCUT2D eigenvalue weighted by molar-refractivity contribution is 5.77. The van der Waals surface area contributed by atoms with Gasteiger partial charge in [-0.05, 0) is 56.3 Å². The minimum atomic E-state index is -0.229. The summed E-state index contributed by atoms with van der Waals surface area (Å²) in [6.07, 6.45) is 3.97. The second kappa shape index (κ2) is 5.52. The monoisotopic (exact) mass is 276 g/mol. The van der Waals surface area contributed by atoms with Crippen molar-refractivity contribution in [2.75, 3.05) is 13.1 Å². The fourth-order valence-electron chi connectivity index (χ4n) is 3.25. The number of carbonyl (C=O) groups is 1. The fraction of sp³-hybridized carbons (Fsp3) is 0.562. The van der Waals surface area contributed by atoms with Gasteiger partial charge in [0.1, 0.15) is 5.82 Å². The Labute approximate surface area is 118 Å². The lowest BCUT2D eigenvalue weighted by atomic mass is 9.71. The highest BCUT2D eigenvalue weighted by Crippen LogP contribution is 2.41. The van der Waals surface area contributed by atoms with Crippen LogP contribution in [0.4, 0.5) is 4.39 Å². The smallest absolute Gasteiger partial charge is 0.220 e. The molecule has 2 fully saturated rings. The van der Waals surface area contributed by atoms with Crippen LogP contribution in [0.3, 0.4) is 0 Å². The molecule has 108 valence electrons. The fourth-order valence-corrected chi connectivity index (χ4v) is 3.25. The molecule has 0 spiro atoms. The number of likely N-dealkylation sites (tertiary alicyclic amines) is 1. The van der Waals surface area contributed by atoms with Gasteiger partial charge in [-0.15, -0.1) is 0 Å². The maximum Gasteiger partial charge on any atom is 0.220 e. The Morgan fingerprint density at radius 3 is 2.60 bits per heavy atom. The van der Waals surface area contributed by atoms with Gasteiger partial charge in [-0.25, -0.2) is 4.39 Å². The normalized spacial score (nSPS) is 26.4. The summed E-state index contributed by atoms with van der Waals surface area (Å²) in [5, 5.41) is 0. The number of hydrogen-bond donors (Lipinski definition) is 1. The number of carbonyl (C=O) groups excluding carboxylic acids is 1.